The fourth-order valence-electron chi connectivity index (χ4n) is 3.69. The first-order valence-electron chi connectivity index (χ1n) is 13.3. The molecular weight excluding hydrogens is 639 g/mol. The number of ether oxygens (including phenoxy) is 4. The summed E-state index contributed by atoms with van der Waals surface area (Å²) in [5.41, 5.74) is 2.72. The molecule has 2 unspecified atom stereocenters. The van der Waals surface area contributed by atoms with Gasteiger partial charge in [-0.3, -0.25) is 0 Å². The van der Waals surface area contributed by atoms with Gasteiger partial charge < -0.3 is 50.4 Å². The van der Waals surface area contributed by atoms with Crippen LogP contribution in [-0.2, 0) is 38.1 Å². The SMILES string of the molecule is CCOC(=O)C1=C(COCCCOCCCN)NC=C(C(=O)OC)[C@H]1c1c(F)c(F)c(F)c(F)c1F.O=C(O)C(O)C(O)C(=O)O. The molecule has 0 aliphatic carbocycles. The second-order valence-corrected chi connectivity index (χ2v) is 8.99. The number of nitrogens with one attached hydrogen (secondary N) is 1. The van der Waals surface area contributed by atoms with Crippen molar-refractivity contribution in [3.05, 3.63) is 57.7 Å². The monoisotopic (exact) mass is 672 g/mol. The van der Waals surface area contributed by atoms with Gasteiger partial charge in [0.15, 0.2) is 35.5 Å². The minimum Gasteiger partial charge on any atom is -0.479 e. The number of esters is 2. The predicted molar refractivity (Wildman–Crippen MR) is 143 cm³/mol. The van der Waals surface area contributed by atoms with Crippen molar-refractivity contribution < 1.29 is 80.5 Å². The van der Waals surface area contributed by atoms with Crippen LogP contribution in [0.25, 0.3) is 0 Å². The Hall–Kier alpha value is -4.17. The van der Waals surface area contributed by atoms with E-state index in [-0.39, 0.29) is 25.5 Å². The summed E-state index contributed by atoms with van der Waals surface area (Å²) in [7, 11) is 0.945. The van der Waals surface area contributed by atoms with Crippen LogP contribution < -0.4 is 11.1 Å². The Balaban J connectivity index is 0.000000908. The molecule has 0 radical (unpaired) electrons. The van der Waals surface area contributed by atoms with Crippen LogP contribution in [0.2, 0.25) is 0 Å². The first kappa shape index (κ1) is 39.9. The molecule has 1 aliphatic heterocycles. The van der Waals surface area contributed by atoms with Crippen LogP contribution in [0.15, 0.2) is 23.0 Å². The highest BCUT2D eigenvalue weighted by Gasteiger charge is 2.42. The number of aliphatic carboxylic acids is 2. The summed E-state index contributed by atoms with van der Waals surface area (Å²) in [5.74, 6) is -19.2. The predicted octanol–water partition coefficient (Wildman–Crippen LogP) is 0.593. The third-order valence-electron chi connectivity index (χ3n) is 5.90. The van der Waals surface area contributed by atoms with E-state index in [1.54, 1.807) is 0 Å². The van der Waals surface area contributed by atoms with Crippen molar-refractivity contribution in [1.29, 1.82) is 0 Å². The Bertz CT molecular complexity index is 1280. The van der Waals surface area contributed by atoms with Crippen molar-refractivity contribution >= 4 is 23.9 Å². The second kappa shape index (κ2) is 19.4. The number of nitrogens with two attached hydrogens (primary N) is 1. The number of benzene rings is 1. The largest absolute Gasteiger partial charge is 0.479 e. The van der Waals surface area contributed by atoms with E-state index in [0.29, 0.717) is 32.6 Å². The van der Waals surface area contributed by atoms with Gasteiger partial charge in [-0.05, 0) is 26.3 Å². The zero-order valence-corrected chi connectivity index (χ0v) is 24.5. The molecule has 258 valence electrons. The number of aliphatic hydroxyl groups excluding tert-OH is 2. The van der Waals surface area contributed by atoms with Crippen LogP contribution in [0, 0.1) is 29.1 Å². The van der Waals surface area contributed by atoms with E-state index >= 15 is 0 Å². The van der Waals surface area contributed by atoms with Gasteiger partial charge in [0.1, 0.15) is 0 Å². The lowest BCUT2D eigenvalue weighted by Crippen LogP contribution is -2.39. The Morgan fingerprint density at radius 2 is 1.35 bits per heavy atom. The van der Waals surface area contributed by atoms with Crippen LogP contribution in [0.4, 0.5) is 22.0 Å². The zero-order valence-electron chi connectivity index (χ0n) is 24.5. The highest BCUT2D eigenvalue weighted by molar-refractivity contribution is 5.99. The standard InChI is InChI=1S/C23H27F5N2O6.C4H6O6/c1-3-36-23(32)15-13(11-35-9-5-8-34-7-4-6-29)30-10-12(22(31)33-2)14(15)16-17(24)19(26)21(28)20(27)18(16)25;5-1(3(7)8)2(6)4(9)10/h10,14,30H,3-9,11,29H2,1-2H3;1-2,5-6H,(H,7,8)(H,9,10)/t14-;/m1./s1. The van der Waals surface area contributed by atoms with Gasteiger partial charge in [-0.1, -0.05) is 0 Å². The number of aliphatic hydroxyl groups is 2. The van der Waals surface area contributed by atoms with Gasteiger partial charge >= 0.3 is 23.9 Å². The molecule has 0 spiro atoms. The molecule has 1 aliphatic rings. The average Bonchev–Trinajstić information content (AvgIpc) is 3.03. The summed E-state index contributed by atoms with van der Waals surface area (Å²) in [6.45, 7) is 2.38. The summed E-state index contributed by atoms with van der Waals surface area (Å²) in [6, 6.07) is 0. The van der Waals surface area contributed by atoms with Gasteiger partial charge in [0, 0.05) is 31.6 Å². The van der Waals surface area contributed by atoms with Crippen molar-refractivity contribution in [3.8, 4) is 0 Å². The van der Waals surface area contributed by atoms with Gasteiger partial charge in [0.2, 0.25) is 5.82 Å². The normalized spacial score (nSPS) is 15.5. The summed E-state index contributed by atoms with van der Waals surface area (Å²) in [5, 5.41) is 35.1. The first-order valence-corrected chi connectivity index (χ1v) is 13.3. The molecule has 1 aromatic rings. The number of hydrogen-bond donors (Lipinski definition) is 6. The molecule has 0 amide bonds. The van der Waals surface area contributed by atoms with E-state index in [9.17, 15) is 41.1 Å². The highest BCUT2D eigenvalue weighted by Crippen LogP contribution is 2.41. The molecule has 46 heavy (non-hydrogen) atoms. The maximum Gasteiger partial charge on any atom is 0.336 e. The molecule has 0 fully saturated rings. The molecule has 0 saturated carbocycles. The molecule has 14 nitrogen and oxygen atoms in total. The minimum absolute atomic E-state index is 0.0981. The van der Waals surface area contributed by atoms with Crippen molar-refractivity contribution in [2.24, 2.45) is 5.73 Å². The van der Waals surface area contributed by atoms with E-state index in [0.717, 1.165) is 13.3 Å². The molecule has 19 heteroatoms. The van der Waals surface area contributed by atoms with Crippen LogP contribution in [-0.4, -0.2) is 103 Å². The number of carboxylic acid groups (broad SMARTS) is 2. The third kappa shape index (κ3) is 10.4. The molecule has 1 heterocycles. The number of methoxy groups -OCH3 is 1. The molecule has 3 atom stereocenters. The number of carbonyl (C=O) groups is 4. The van der Waals surface area contributed by atoms with E-state index < -0.39 is 87.8 Å². The number of carboxylic acids is 2. The van der Waals surface area contributed by atoms with Crippen LogP contribution >= 0.6 is 0 Å². The fraction of sp³-hybridized carbons (Fsp3) is 0.481. The minimum atomic E-state index is -2.38. The lowest BCUT2D eigenvalue weighted by atomic mass is 9.81. The summed E-state index contributed by atoms with van der Waals surface area (Å²) < 4.78 is 91.8. The zero-order chi connectivity index (χ0) is 35.1. The van der Waals surface area contributed by atoms with Crippen molar-refractivity contribution in [1.82, 2.24) is 5.32 Å². The maximum absolute atomic E-state index is 14.8. The van der Waals surface area contributed by atoms with E-state index in [1.807, 2.05) is 0 Å². The summed E-state index contributed by atoms with van der Waals surface area (Å²) in [4.78, 5) is 44.8. The number of rotatable bonds is 16. The van der Waals surface area contributed by atoms with Crippen molar-refractivity contribution in [2.75, 3.05) is 46.7 Å². The first-order chi connectivity index (χ1) is 21.7. The van der Waals surface area contributed by atoms with Crippen LogP contribution in [0.3, 0.4) is 0 Å². The lowest BCUT2D eigenvalue weighted by molar-refractivity contribution is -0.165. The Kier molecular flexibility index (Phi) is 16.8. The molecular formula is C27H33F5N2O12. The number of halogens is 5. The topological polar surface area (TPSA) is 224 Å². The quantitative estimate of drug-likeness (QED) is 0.0465. The Labute approximate surface area is 258 Å². The molecule has 1 aromatic carbocycles. The van der Waals surface area contributed by atoms with E-state index in [1.165, 1.54) is 6.92 Å². The summed E-state index contributed by atoms with van der Waals surface area (Å²) in [6.07, 6.45) is -2.44. The average molecular weight is 673 g/mol. The molecule has 7 N–H and O–H groups in total. The smallest absolute Gasteiger partial charge is 0.336 e. The second-order valence-electron chi connectivity index (χ2n) is 8.99. The van der Waals surface area contributed by atoms with E-state index in [2.05, 4.69) is 10.1 Å². The highest BCUT2D eigenvalue weighted by atomic mass is 19.2. The van der Waals surface area contributed by atoms with Crippen molar-refractivity contribution in [2.45, 2.75) is 37.9 Å². The van der Waals surface area contributed by atoms with Crippen molar-refractivity contribution in [3.63, 3.8) is 0 Å². The lowest BCUT2D eigenvalue weighted by Gasteiger charge is -2.29. The van der Waals surface area contributed by atoms with Gasteiger partial charge in [-0.2, -0.15) is 0 Å². The Morgan fingerprint density at radius 3 is 1.83 bits per heavy atom. The molecule has 0 bridgehead atoms. The van der Waals surface area contributed by atoms with Gasteiger partial charge in [-0.15, -0.1) is 0 Å². The van der Waals surface area contributed by atoms with Crippen LogP contribution in [0.5, 0.6) is 0 Å². The molecule has 2 rings (SSSR count). The van der Waals surface area contributed by atoms with Crippen LogP contribution in [0.1, 0.15) is 31.2 Å². The van der Waals surface area contributed by atoms with Gasteiger partial charge in [-0.25, -0.2) is 41.1 Å². The summed E-state index contributed by atoms with van der Waals surface area (Å²) >= 11 is 0. The number of dihydropyridines is 1. The number of hydrogen-bond acceptors (Lipinski definition) is 12. The van der Waals surface area contributed by atoms with Gasteiger partial charge in [0.05, 0.1) is 43.1 Å². The van der Waals surface area contributed by atoms with Gasteiger partial charge in [0.25, 0.3) is 0 Å². The Morgan fingerprint density at radius 1 is 0.848 bits per heavy atom. The maximum atomic E-state index is 14.8. The third-order valence-corrected chi connectivity index (χ3v) is 5.90. The number of carbonyl (C=O) groups excluding carboxylic acids is 2. The van der Waals surface area contributed by atoms with E-state index in [4.69, 9.17) is 40.4 Å². The fourth-order valence-corrected chi connectivity index (χ4v) is 3.69. The molecule has 0 aromatic heterocycles. The molecule has 0 saturated heterocycles.